The second-order valence-corrected chi connectivity index (χ2v) is 7.60. The zero-order valence-corrected chi connectivity index (χ0v) is 16.1. The van der Waals surface area contributed by atoms with Crippen molar-refractivity contribution < 1.29 is 27.2 Å². The molecule has 146 valence electrons. The lowest BCUT2D eigenvalue weighted by Crippen LogP contribution is -2.31. The lowest BCUT2D eigenvalue weighted by atomic mass is 10.3. The van der Waals surface area contributed by atoms with E-state index in [4.69, 9.17) is 4.42 Å². The average molecular weight is 395 g/mol. The molecule has 9 nitrogen and oxygen atoms in total. The number of oxazole rings is 1. The lowest BCUT2D eigenvalue weighted by molar-refractivity contribution is -0.114. The smallest absolute Gasteiger partial charge is 0.360 e. The summed E-state index contributed by atoms with van der Waals surface area (Å²) in [5, 5.41) is 2.58. The molecular weight excluding hydrogens is 374 g/mol. The Morgan fingerprint density at radius 1 is 1.26 bits per heavy atom. The van der Waals surface area contributed by atoms with Crippen LogP contribution in [0.15, 0.2) is 39.8 Å². The van der Waals surface area contributed by atoms with Gasteiger partial charge < -0.3 is 14.5 Å². The van der Waals surface area contributed by atoms with Crippen LogP contribution >= 0.6 is 0 Å². The number of carbonyl (C=O) groups excluding carboxylic acids is 2. The molecule has 1 N–H and O–H groups in total. The molecule has 2 aromatic rings. The fourth-order valence-corrected chi connectivity index (χ4v) is 3.81. The summed E-state index contributed by atoms with van der Waals surface area (Å²) in [6.45, 7) is 3.33. The number of rotatable bonds is 8. The van der Waals surface area contributed by atoms with Gasteiger partial charge in [0.05, 0.1) is 18.6 Å². The first-order valence-corrected chi connectivity index (χ1v) is 9.62. The minimum Gasteiger partial charge on any atom is -0.464 e. The first-order chi connectivity index (χ1) is 12.8. The molecule has 0 fully saturated rings. The van der Waals surface area contributed by atoms with Crippen LogP contribution in [-0.2, 0) is 26.1 Å². The van der Waals surface area contributed by atoms with Crippen LogP contribution < -0.4 is 5.32 Å². The SMILES string of the molecule is CCCN(Cc1nc(C(=O)OC)co1)S(=O)(=O)c1ccc(NC(C)=O)cc1. The third-order valence-corrected chi connectivity index (χ3v) is 5.40. The number of methoxy groups -OCH3 is 1. The zero-order chi connectivity index (χ0) is 20.0. The van der Waals surface area contributed by atoms with Gasteiger partial charge in [0.25, 0.3) is 0 Å². The second kappa shape index (κ2) is 8.78. The van der Waals surface area contributed by atoms with Crippen molar-refractivity contribution in [1.82, 2.24) is 9.29 Å². The molecule has 2 rings (SSSR count). The largest absolute Gasteiger partial charge is 0.464 e. The topological polar surface area (TPSA) is 119 Å². The number of aromatic nitrogens is 1. The van der Waals surface area contributed by atoms with Crippen LogP contribution in [-0.4, -0.2) is 43.2 Å². The molecule has 0 aliphatic carbocycles. The number of esters is 1. The fraction of sp³-hybridized carbons (Fsp3) is 0.353. The average Bonchev–Trinajstić information content (AvgIpc) is 3.09. The maximum absolute atomic E-state index is 12.9. The van der Waals surface area contributed by atoms with Crippen molar-refractivity contribution in [3.05, 3.63) is 42.1 Å². The highest BCUT2D eigenvalue weighted by Crippen LogP contribution is 2.21. The van der Waals surface area contributed by atoms with Gasteiger partial charge >= 0.3 is 5.97 Å². The van der Waals surface area contributed by atoms with E-state index in [1.807, 2.05) is 6.92 Å². The van der Waals surface area contributed by atoms with Gasteiger partial charge in [0.1, 0.15) is 6.26 Å². The molecule has 0 saturated carbocycles. The zero-order valence-electron chi connectivity index (χ0n) is 15.3. The highest BCUT2D eigenvalue weighted by Gasteiger charge is 2.26. The van der Waals surface area contributed by atoms with Crippen LogP contribution in [0.1, 0.15) is 36.6 Å². The number of hydrogen-bond donors (Lipinski definition) is 1. The Labute approximate surface area is 157 Å². The quantitative estimate of drug-likeness (QED) is 0.679. The fourth-order valence-electron chi connectivity index (χ4n) is 2.33. The standard InChI is InChI=1S/C17H21N3O6S/c1-4-9-20(10-16-19-15(11-26-16)17(22)25-3)27(23,24)14-7-5-13(6-8-14)18-12(2)21/h5-8,11H,4,9-10H2,1-3H3,(H,18,21). The van der Waals surface area contributed by atoms with Gasteiger partial charge in [0.15, 0.2) is 5.69 Å². The van der Waals surface area contributed by atoms with E-state index in [1.165, 1.54) is 42.6 Å². The Morgan fingerprint density at radius 3 is 2.48 bits per heavy atom. The molecule has 0 aliphatic rings. The molecule has 10 heteroatoms. The highest BCUT2D eigenvalue weighted by molar-refractivity contribution is 7.89. The van der Waals surface area contributed by atoms with Crippen molar-refractivity contribution in [3.63, 3.8) is 0 Å². The van der Waals surface area contributed by atoms with Gasteiger partial charge in [-0.1, -0.05) is 6.92 Å². The highest BCUT2D eigenvalue weighted by atomic mass is 32.2. The minimum absolute atomic E-state index is 0.0268. The Morgan fingerprint density at radius 2 is 1.93 bits per heavy atom. The molecule has 0 spiro atoms. The molecule has 1 aromatic carbocycles. The van der Waals surface area contributed by atoms with Gasteiger partial charge in [-0.15, -0.1) is 0 Å². The van der Waals surface area contributed by atoms with Gasteiger partial charge in [0, 0.05) is 19.2 Å². The minimum atomic E-state index is -3.82. The van der Waals surface area contributed by atoms with E-state index in [1.54, 1.807) is 0 Å². The van der Waals surface area contributed by atoms with Gasteiger partial charge in [-0.05, 0) is 30.7 Å². The predicted octanol–water partition coefficient (Wildman–Crippen LogP) is 2.02. The normalized spacial score (nSPS) is 11.4. The van der Waals surface area contributed by atoms with E-state index in [9.17, 15) is 18.0 Å². The number of carbonyl (C=O) groups is 2. The Bertz CT molecular complexity index is 905. The third kappa shape index (κ3) is 5.14. The summed E-state index contributed by atoms with van der Waals surface area (Å²) >= 11 is 0. The molecule has 27 heavy (non-hydrogen) atoms. The summed E-state index contributed by atoms with van der Waals surface area (Å²) in [4.78, 5) is 26.6. The number of ether oxygens (including phenoxy) is 1. The summed E-state index contributed by atoms with van der Waals surface area (Å²) < 4.78 is 36.8. The van der Waals surface area contributed by atoms with Crippen molar-refractivity contribution in [3.8, 4) is 0 Å². The van der Waals surface area contributed by atoms with Crippen LogP contribution in [0.3, 0.4) is 0 Å². The van der Waals surface area contributed by atoms with E-state index in [0.29, 0.717) is 12.1 Å². The van der Waals surface area contributed by atoms with Crippen molar-refractivity contribution in [1.29, 1.82) is 0 Å². The summed E-state index contributed by atoms with van der Waals surface area (Å²) in [7, 11) is -2.60. The summed E-state index contributed by atoms with van der Waals surface area (Å²) in [6, 6.07) is 5.86. The monoisotopic (exact) mass is 395 g/mol. The number of nitrogens with zero attached hydrogens (tertiary/aromatic N) is 2. The van der Waals surface area contributed by atoms with Crippen LogP contribution in [0.25, 0.3) is 0 Å². The maximum Gasteiger partial charge on any atom is 0.360 e. The van der Waals surface area contributed by atoms with E-state index < -0.39 is 16.0 Å². The molecule has 1 heterocycles. The molecular formula is C17H21N3O6S. The Balaban J connectivity index is 2.24. The number of anilines is 1. The number of benzene rings is 1. The predicted molar refractivity (Wildman–Crippen MR) is 96.5 cm³/mol. The van der Waals surface area contributed by atoms with E-state index >= 15 is 0 Å². The van der Waals surface area contributed by atoms with Crippen molar-refractivity contribution in [2.45, 2.75) is 31.7 Å². The maximum atomic E-state index is 12.9. The van der Waals surface area contributed by atoms with Gasteiger partial charge in [0.2, 0.25) is 21.8 Å². The molecule has 1 amide bonds. The molecule has 0 atom stereocenters. The second-order valence-electron chi connectivity index (χ2n) is 5.66. The van der Waals surface area contributed by atoms with Crippen LogP contribution in [0, 0.1) is 0 Å². The Kier molecular flexibility index (Phi) is 6.70. The number of sulfonamides is 1. The lowest BCUT2D eigenvalue weighted by Gasteiger charge is -2.20. The van der Waals surface area contributed by atoms with Crippen LogP contribution in [0.2, 0.25) is 0 Å². The van der Waals surface area contributed by atoms with Crippen LogP contribution in [0.5, 0.6) is 0 Å². The summed E-state index contributed by atoms with van der Waals surface area (Å²) in [6.07, 6.45) is 1.70. The molecule has 0 radical (unpaired) electrons. The first kappa shape index (κ1) is 20.6. The number of hydrogen-bond acceptors (Lipinski definition) is 7. The first-order valence-electron chi connectivity index (χ1n) is 8.18. The van der Waals surface area contributed by atoms with Crippen molar-refractivity contribution in [2.75, 3.05) is 19.0 Å². The molecule has 1 aromatic heterocycles. The van der Waals surface area contributed by atoms with Crippen LogP contribution in [0.4, 0.5) is 5.69 Å². The van der Waals surface area contributed by atoms with E-state index in [0.717, 1.165) is 6.26 Å². The summed E-state index contributed by atoms with van der Waals surface area (Å²) in [5.41, 5.74) is 0.472. The molecule has 0 aliphatic heterocycles. The number of amides is 1. The molecule has 0 saturated heterocycles. The molecule has 0 unspecified atom stereocenters. The summed E-state index contributed by atoms with van der Waals surface area (Å²) in [5.74, 6) is -0.825. The number of nitrogens with one attached hydrogen (secondary N) is 1. The van der Waals surface area contributed by atoms with Crippen molar-refractivity contribution in [2.24, 2.45) is 0 Å². The third-order valence-electron chi connectivity index (χ3n) is 3.54. The Hall–Kier alpha value is -2.72. The van der Waals surface area contributed by atoms with Gasteiger partial charge in [-0.3, -0.25) is 4.79 Å². The molecule has 0 bridgehead atoms. The van der Waals surface area contributed by atoms with E-state index in [2.05, 4.69) is 15.0 Å². The van der Waals surface area contributed by atoms with E-state index in [-0.39, 0.29) is 35.5 Å². The van der Waals surface area contributed by atoms with Gasteiger partial charge in [-0.25, -0.2) is 18.2 Å². The van der Waals surface area contributed by atoms with Gasteiger partial charge in [-0.2, -0.15) is 4.31 Å². The van der Waals surface area contributed by atoms with Crippen molar-refractivity contribution >= 4 is 27.6 Å².